The van der Waals surface area contributed by atoms with Crippen LogP contribution in [0.3, 0.4) is 0 Å². The molecule has 0 aliphatic carbocycles. The summed E-state index contributed by atoms with van der Waals surface area (Å²) in [5.41, 5.74) is 0.466. The van der Waals surface area contributed by atoms with Crippen LogP contribution in [-0.2, 0) is 4.74 Å². The molecule has 16 heavy (non-hydrogen) atoms. The Kier molecular flexibility index (Phi) is 7.25. The van der Waals surface area contributed by atoms with Gasteiger partial charge in [-0.15, -0.1) is 0 Å². The van der Waals surface area contributed by atoms with Crippen molar-refractivity contribution in [3.05, 3.63) is 0 Å². The van der Waals surface area contributed by atoms with Gasteiger partial charge in [0.1, 0.15) is 0 Å². The summed E-state index contributed by atoms with van der Waals surface area (Å²) >= 11 is 0. The standard InChI is InChI=1S/C14H31NO/c1-7-14(8-2,12-15-9-3)11-10-13(4,5)16-6/h15H,7-12H2,1-6H3. The first kappa shape index (κ1) is 15.9. The highest BCUT2D eigenvalue weighted by Gasteiger charge is 2.28. The SMILES string of the molecule is CCNCC(CC)(CC)CCC(C)(C)OC. The highest BCUT2D eigenvalue weighted by molar-refractivity contribution is 4.82. The van der Waals surface area contributed by atoms with E-state index in [1.165, 1.54) is 19.3 Å². The average molecular weight is 229 g/mol. The van der Waals surface area contributed by atoms with E-state index in [1.807, 2.05) is 7.11 Å². The molecule has 98 valence electrons. The molecular weight excluding hydrogens is 198 g/mol. The summed E-state index contributed by atoms with van der Waals surface area (Å²) in [5, 5.41) is 3.50. The van der Waals surface area contributed by atoms with Gasteiger partial charge >= 0.3 is 0 Å². The first-order valence-electron chi connectivity index (χ1n) is 6.71. The summed E-state index contributed by atoms with van der Waals surface area (Å²) in [7, 11) is 1.81. The van der Waals surface area contributed by atoms with Crippen LogP contribution in [0.1, 0.15) is 60.3 Å². The molecule has 0 atom stereocenters. The molecule has 0 aromatic carbocycles. The zero-order valence-electron chi connectivity index (χ0n) is 12.2. The number of methoxy groups -OCH3 is 1. The van der Waals surface area contributed by atoms with Gasteiger partial charge in [-0.3, -0.25) is 0 Å². The molecule has 0 amide bonds. The summed E-state index contributed by atoms with van der Waals surface area (Å²) in [6, 6.07) is 0. The lowest BCUT2D eigenvalue weighted by Gasteiger charge is -2.35. The van der Waals surface area contributed by atoms with Gasteiger partial charge in [0, 0.05) is 13.7 Å². The third-order valence-electron chi connectivity index (χ3n) is 4.06. The van der Waals surface area contributed by atoms with Gasteiger partial charge in [0.05, 0.1) is 5.60 Å². The Morgan fingerprint density at radius 1 is 1.00 bits per heavy atom. The molecule has 0 aromatic heterocycles. The van der Waals surface area contributed by atoms with Crippen molar-refractivity contribution in [1.82, 2.24) is 5.32 Å². The molecule has 0 fully saturated rings. The lowest BCUT2D eigenvalue weighted by Crippen LogP contribution is -2.36. The summed E-state index contributed by atoms with van der Waals surface area (Å²) in [6.45, 7) is 13.3. The number of ether oxygens (including phenoxy) is 1. The zero-order valence-corrected chi connectivity index (χ0v) is 12.2. The van der Waals surface area contributed by atoms with Gasteiger partial charge in [-0.05, 0) is 51.5 Å². The van der Waals surface area contributed by atoms with Crippen LogP contribution in [0.25, 0.3) is 0 Å². The van der Waals surface area contributed by atoms with Crippen LogP contribution in [0, 0.1) is 5.41 Å². The van der Waals surface area contributed by atoms with E-state index in [9.17, 15) is 0 Å². The number of hydrogen-bond acceptors (Lipinski definition) is 2. The van der Waals surface area contributed by atoms with Crippen LogP contribution in [0.2, 0.25) is 0 Å². The largest absolute Gasteiger partial charge is 0.379 e. The Labute approximate surface area is 102 Å². The maximum Gasteiger partial charge on any atom is 0.0623 e. The van der Waals surface area contributed by atoms with E-state index in [4.69, 9.17) is 4.74 Å². The van der Waals surface area contributed by atoms with Gasteiger partial charge in [0.15, 0.2) is 0 Å². The topological polar surface area (TPSA) is 21.3 Å². The highest BCUT2D eigenvalue weighted by atomic mass is 16.5. The van der Waals surface area contributed by atoms with Crippen LogP contribution in [0.4, 0.5) is 0 Å². The van der Waals surface area contributed by atoms with Crippen molar-refractivity contribution >= 4 is 0 Å². The van der Waals surface area contributed by atoms with Gasteiger partial charge in [0.25, 0.3) is 0 Å². The van der Waals surface area contributed by atoms with E-state index < -0.39 is 0 Å². The van der Waals surface area contributed by atoms with Crippen LogP contribution in [0.5, 0.6) is 0 Å². The molecule has 0 saturated carbocycles. The highest BCUT2D eigenvalue weighted by Crippen LogP contribution is 2.34. The van der Waals surface area contributed by atoms with Crippen molar-refractivity contribution in [2.24, 2.45) is 5.41 Å². The fourth-order valence-corrected chi connectivity index (χ4v) is 2.00. The lowest BCUT2D eigenvalue weighted by atomic mass is 9.76. The molecule has 0 spiro atoms. The zero-order chi connectivity index (χ0) is 12.7. The molecule has 0 radical (unpaired) electrons. The Balaban J connectivity index is 4.31. The average Bonchev–Trinajstić information content (AvgIpc) is 2.30. The second kappa shape index (κ2) is 7.29. The molecule has 0 rings (SSSR count). The first-order valence-corrected chi connectivity index (χ1v) is 6.71. The molecule has 0 saturated heterocycles. The van der Waals surface area contributed by atoms with Crippen LogP contribution in [-0.4, -0.2) is 25.8 Å². The lowest BCUT2D eigenvalue weighted by molar-refractivity contribution is 0.00239. The summed E-state index contributed by atoms with van der Waals surface area (Å²) in [5.74, 6) is 0. The minimum Gasteiger partial charge on any atom is -0.379 e. The van der Waals surface area contributed by atoms with Gasteiger partial charge in [-0.1, -0.05) is 20.8 Å². The van der Waals surface area contributed by atoms with E-state index in [2.05, 4.69) is 39.9 Å². The summed E-state index contributed by atoms with van der Waals surface area (Å²) in [6.07, 6.45) is 4.87. The second-order valence-corrected chi connectivity index (χ2v) is 5.45. The Morgan fingerprint density at radius 2 is 1.56 bits per heavy atom. The van der Waals surface area contributed by atoms with Gasteiger partial charge < -0.3 is 10.1 Å². The second-order valence-electron chi connectivity index (χ2n) is 5.45. The van der Waals surface area contributed by atoms with Gasteiger partial charge in [-0.2, -0.15) is 0 Å². The third kappa shape index (κ3) is 5.31. The molecule has 1 N–H and O–H groups in total. The van der Waals surface area contributed by atoms with Crippen molar-refractivity contribution in [2.45, 2.75) is 65.9 Å². The predicted molar refractivity (Wildman–Crippen MR) is 71.9 cm³/mol. The maximum absolute atomic E-state index is 5.51. The van der Waals surface area contributed by atoms with Crippen molar-refractivity contribution in [3.8, 4) is 0 Å². The Morgan fingerprint density at radius 3 is 1.94 bits per heavy atom. The van der Waals surface area contributed by atoms with Crippen molar-refractivity contribution in [3.63, 3.8) is 0 Å². The quantitative estimate of drug-likeness (QED) is 0.652. The maximum atomic E-state index is 5.51. The fourth-order valence-electron chi connectivity index (χ4n) is 2.00. The van der Waals surface area contributed by atoms with Crippen LogP contribution in [0.15, 0.2) is 0 Å². The van der Waals surface area contributed by atoms with Gasteiger partial charge in [0.2, 0.25) is 0 Å². The Bertz CT molecular complexity index is 174. The molecule has 0 heterocycles. The van der Waals surface area contributed by atoms with E-state index in [0.29, 0.717) is 5.41 Å². The molecule has 0 aliphatic rings. The monoisotopic (exact) mass is 229 g/mol. The number of nitrogens with one attached hydrogen (secondary N) is 1. The molecule has 0 aliphatic heterocycles. The molecule has 2 nitrogen and oxygen atoms in total. The molecule has 0 bridgehead atoms. The molecule has 0 unspecified atom stereocenters. The smallest absolute Gasteiger partial charge is 0.0623 e. The van der Waals surface area contributed by atoms with Crippen LogP contribution >= 0.6 is 0 Å². The van der Waals surface area contributed by atoms with Gasteiger partial charge in [-0.25, -0.2) is 0 Å². The van der Waals surface area contributed by atoms with Crippen molar-refractivity contribution in [1.29, 1.82) is 0 Å². The fraction of sp³-hybridized carbons (Fsp3) is 1.00. The summed E-state index contributed by atoms with van der Waals surface area (Å²) < 4.78 is 5.51. The minimum atomic E-state index is 0.0157. The van der Waals surface area contributed by atoms with E-state index in [0.717, 1.165) is 19.5 Å². The predicted octanol–water partition coefficient (Wildman–Crippen LogP) is 3.61. The third-order valence-corrected chi connectivity index (χ3v) is 4.06. The van der Waals surface area contributed by atoms with Crippen molar-refractivity contribution in [2.75, 3.05) is 20.2 Å². The number of rotatable bonds is 9. The number of hydrogen-bond donors (Lipinski definition) is 1. The normalized spacial score (nSPS) is 13.1. The first-order chi connectivity index (χ1) is 7.45. The summed E-state index contributed by atoms with van der Waals surface area (Å²) in [4.78, 5) is 0. The van der Waals surface area contributed by atoms with E-state index >= 15 is 0 Å². The molecular formula is C14H31NO. The van der Waals surface area contributed by atoms with Crippen LogP contribution < -0.4 is 5.32 Å². The Hall–Kier alpha value is -0.0800. The van der Waals surface area contributed by atoms with Crippen molar-refractivity contribution < 1.29 is 4.74 Å². The van der Waals surface area contributed by atoms with E-state index in [-0.39, 0.29) is 5.60 Å². The molecule has 2 heteroatoms. The molecule has 0 aromatic rings. The van der Waals surface area contributed by atoms with E-state index in [1.54, 1.807) is 0 Å². The minimum absolute atomic E-state index is 0.0157.